The van der Waals surface area contributed by atoms with Crippen LogP contribution >= 0.6 is 0 Å². The molecule has 0 aliphatic heterocycles. The van der Waals surface area contributed by atoms with Crippen LogP contribution in [-0.4, -0.2) is 5.16 Å². The fourth-order valence-corrected chi connectivity index (χ4v) is 9.47. The van der Waals surface area contributed by atoms with E-state index in [9.17, 15) is 0 Å². The summed E-state index contributed by atoms with van der Waals surface area (Å²) < 4.78 is 6.79. The Morgan fingerprint density at radius 2 is 0.776 bits per heavy atom. The van der Waals surface area contributed by atoms with Crippen LogP contribution in [0.4, 0.5) is 0 Å². The van der Waals surface area contributed by atoms with E-state index in [4.69, 9.17) is 9.68 Å². The van der Waals surface area contributed by atoms with Gasteiger partial charge in [0.05, 0.1) is 5.39 Å². The van der Waals surface area contributed by atoms with Crippen LogP contribution in [0.5, 0.6) is 0 Å². The molecule has 0 saturated heterocycles. The van der Waals surface area contributed by atoms with Gasteiger partial charge in [-0.2, -0.15) is 0 Å². The molecule has 0 fully saturated rings. The zero-order valence-electron chi connectivity index (χ0n) is 36.1. The molecule has 8 rings (SSSR count). The number of aromatic nitrogens is 1. The third-order valence-electron chi connectivity index (χ3n) is 12.4. The maximum atomic E-state index is 6.79. The number of benzene rings is 7. The van der Waals surface area contributed by atoms with Crippen LogP contribution < -0.4 is 0 Å². The normalized spacial score (nSPS) is 11.8. The molecule has 1 heterocycles. The smallest absolute Gasteiger partial charge is 0.175 e. The molecule has 290 valence electrons. The molecule has 2 heteroatoms. The van der Waals surface area contributed by atoms with E-state index in [1.54, 1.807) is 0 Å². The third kappa shape index (κ3) is 6.79. The summed E-state index contributed by atoms with van der Waals surface area (Å²) in [7, 11) is 0. The molecule has 0 radical (unpaired) electrons. The van der Waals surface area contributed by atoms with E-state index in [0.717, 1.165) is 33.4 Å². The lowest BCUT2D eigenvalue weighted by atomic mass is 9.80. The van der Waals surface area contributed by atoms with Crippen molar-refractivity contribution in [1.29, 1.82) is 0 Å². The fraction of sp³-hybridized carbons (Fsp3) is 0.232. The molecular formula is C56H55NO. The fourth-order valence-electron chi connectivity index (χ4n) is 9.47. The number of hydrogen-bond donors (Lipinski definition) is 0. The average Bonchev–Trinajstić information content (AvgIpc) is 3.59. The van der Waals surface area contributed by atoms with E-state index in [1.165, 1.54) is 94.6 Å². The summed E-state index contributed by atoms with van der Waals surface area (Å²) in [5.41, 5.74) is 25.6. The first-order valence-electron chi connectivity index (χ1n) is 20.7. The molecular weight excluding hydrogens is 703 g/mol. The first kappa shape index (κ1) is 38.9. The van der Waals surface area contributed by atoms with E-state index in [-0.39, 0.29) is 5.41 Å². The van der Waals surface area contributed by atoms with Crippen molar-refractivity contribution >= 4 is 10.9 Å². The average molecular weight is 758 g/mol. The largest absolute Gasteiger partial charge is 0.355 e. The lowest BCUT2D eigenvalue weighted by Gasteiger charge is -2.23. The Morgan fingerprint density at radius 1 is 0.431 bits per heavy atom. The van der Waals surface area contributed by atoms with Crippen LogP contribution in [0.3, 0.4) is 0 Å². The van der Waals surface area contributed by atoms with Crippen molar-refractivity contribution in [2.24, 2.45) is 0 Å². The van der Waals surface area contributed by atoms with Crippen molar-refractivity contribution in [3.63, 3.8) is 0 Å². The topological polar surface area (TPSA) is 26.0 Å². The molecule has 0 saturated carbocycles. The number of fused-ring (bicyclic) bond motifs is 1. The standard InChI is InChI=1S/C56H55NO/c1-33-18-12-19-34(2)49(33)43-26-16-27-44(50-35(3)20-13-21-36(50)4)47(43)31-41-30-42(56(9,10)11)32-48-54(41)57-58-55(48)53-45(51-37(5)22-14-23-38(51)6)28-17-29-46(53)52-39(7)24-15-25-40(52)8/h12-30,32H,31H2,1-11H3. The minimum atomic E-state index is -0.124. The Bertz CT molecular complexity index is 2660. The van der Waals surface area contributed by atoms with Crippen LogP contribution in [0.25, 0.3) is 66.7 Å². The Hall–Kier alpha value is -5.99. The molecule has 0 atom stereocenters. The van der Waals surface area contributed by atoms with E-state index >= 15 is 0 Å². The second-order valence-electron chi connectivity index (χ2n) is 17.6. The van der Waals surface area contributed by atoms with Crippen LogP contribution in [0.2, 0.25) is 0 Å². The molecule has 0 amide bonds. The molecule has 0 aliphatic rings. The first-order valence-corrected chi connectivity index (χ1v) is 20.7. The number of nitrogens with zero attached hydrogens (tertiary/aromatic N) is 1. The molecule has 2 nitrogen and oxygen atoms in total. The van der Waals surface area contributed by atoms with E-state index in [0.29, 0.717) is 6.42 Å². The van der Waals surface area contributed by atoms with Gasteiger partial charge in [-0.1, -0.05) is 141 Å². The summed E-state index contributed by atoms with van der Waals surface area (Å²) in [6.07, 6.45) is 0.696. The maximum absolute atomic E-state index is 6.79. The van der Waals surface area contributed by atoms with Crippen molar-refractivity contribution < 1.29 is 4.52 Å². The third-order valence-corrected chi connectivity index (χ3v) is 12.4. The van der Waals surface area contributed by atoms with Crippen LogP contribution in [0.15, 0.2) is 126 Å². The lowest BCUT2D eigenvalue weighted by Crippen LogP contribution is -2.12. The van der Waals surface area contributed by atoms with Crippen molar-refractivity contribution in [1.82, 2.24) is 5.16 Å². The molecule has 0 bridgehead atoms. The SMILES string of the molecule is Cc1cccc(C)c1-c1cccc(-c2c(C)cccc2C)c1Cc1cc(C(C)(C)C)cc2c(-c3c(-c4c(C)cccc4C)cccc3-c3c(C)cccc3C)onc12. The van der Waals surface area contributed by atoms with Gasteiger partial charge in [0.1, 0.15) is 5.52 Å². The Labute approximate surface area is 345 Å². The van der Waals surface area contributed by atoms with E-state index in [1.807, 2.05) is 0 Å². The van der Waals surface area contributed by atoms with Crippen molar-refractivity contribution in [3.8, 4) is 55.8 Å². The summed E-state index contributed by atoms with van der Waals surface area (Å²) in [5, 5.41) is 6.12. The Kier molecular flexibility index (Phi) is 10.1. The Balaban J connectivity index is 1.46. The van der Waals surface area contributed by atoms with Gasteiger partial charge in [-0.3, -0.25) is 0 Å². The van der Waals surface area contributed by atoms with E-state index in [2.05, 4.69) is 197 Å². The second kappa shape index (κ2) is 15.1. The van der Waals surface area contributed by atoms with Gasteiger partial charge in [-0.05, 0) is 173 Å². The Morgan fingerprint density at radius 3 is 1.16 bits per heavy atom. The maximum Gasteiger partial charge on any atom is 0.175 e. The molecule has 0 N–H and O–H groups in total. The van der Waals surface area contributed by atoms with Crippen molar-refractivity contribution in [2.75, 3.05) is 0 Å². The summed E-state index contributed by atoms with van der Waals surface area (Å²) >= 11 is 0. The minimum absolute atomic E-state index is 0.124. The number of hydrogen-bond acceptors (Lipinski definition) is 2. The quantitative estimate of drug-likeness (QED) is 0.162. The second-order valence-corrected chi connectivity index (χ2v) is 17.6. The number of rotatable bonds is 7. The van der Waals surface area contributed by atoms with Gasteiger partial charge in [-0.25, -0.2) is 0 Å². The summed E-state index contributed by atoms with van der Waals surface area (Å²) in [6, 6.07) is 44.8. The van der Waals surface area contributed by atoms with Gasteiger partial charge < -0.3 is 4.52 Å². The highest BCUT2D eigenvalue weighted by atomic mass is 16.5. The highest BCUT2D eigenvalue weighted by Crippen LogP contribution is 2.48. The molecule has 7 aromatic carbocycles. The van der Waals surface area contributed by atoms with Crippen LogP contribution in [0, 0.1) is 55.4 Å². The molecule has 0 unspecified atom stereocenters. The minimum Gasteiger partial charge on any atom is -0.355 e. The predicted molar refractivity (Wildman–Crippen MR) is 247 cm³/mol. The molecule has 8 aromatic rings. The molecule has 1 aromatic heterocycles. The van der Waals surface area contributed by atoms with Gasteiger partial charge in [0.2, 0.25) is 0 Å². The summed E-state index contributed by atoms with van der Waals surface area (Å²) in [5.74, 6) is 0.816. The van der Waals surface area contributed by atoms with Crippen LogP contribution in [0.1, 0.15) is 82.0 Å². The predicted octanol–water partition coefficient (Wildman–Crippen LogP) is 15.5. The monoisotopic (exact) mass is 757 g/mol. The highest BCUT2D eigenvalue weighted by Gasteiger charge is 2.28. The van der Waals surface area contributed by atoms with E-state index < -0.39 is 0 Å². The zero-order valence-corrected chi connectivity index (χ0v) is 36.1. The van der Waals surface area contributed by atoms with Gasteiger partial charge in [0, 0.05) is 12.0 Å². The van der Waals surface area contributed by atoms with Gasteiger partial charge >= 0.3 is 0 Å². The summed E-state index contributed by atoms with van der Waals surface area (Å²) in [6.45, 7) is 24.7. The molecule has 58 heavy (non-hydrogen) atoms. The molecule has 0 spiro atoms. The summed E-state index contributed by atoms with van der Waals surface area (Å²) in [4.78, 5) is 0. The highest BCUT2D eigenvalue weighted by molar-refractivity contribution is 6.04. The molecule has 0 aliphatic carbocycles. The lowest BCUT2D eigenvalue weighted by molar-refractivity contribution is 0.440. The van der Waals surface area contributed by atoms with Crippen LogP contribution in [-0.2, 0) is 11.8 Å². The first-order chi connectivity index (χ1) is 27.7. The number of aryl methyl sites for hydroxylation is 8. The van der Waals surface area contributed by atoms with Gasteiger partial charge in [0.15, 0.2) is 5.76 Å². The van der Waals surface area contributed by atoms with Crippen molar-refractivity contribution in [3.05, 3.63) is 183 Å². The van der Waals surface area contributed by atoms with Gasteiger partial charge in [0.25, 0.3) is 0 Å². The van der Waals surface area contributed by atoms with Crippen molar-refractivity contribution in [2.45, 2.75) is 88.0 Å². The zero-order chi connectivity index (χ0) is 41.0. The van der Waals surface area contributed by atoms with Gasteiger partial charge in [-0.15, -0.1) is 0 Å².